The highest BCUT2D eigenvalue weighted by atomic mass is 15.2. The first-order chi connectivity index (χ1) is 17.5. The molecule has 0 aliphatic carbocycles. The van der Waals surface area contributed by atoms with Crippen molar-refractivity contribution < 1.29 is 0 Å². The van der Waals surface area contributed by atoms with Crippen LogP contribution in [-0.2, 0) is 6.54 Å². The summed E-state index contributed by atoms with van der Waals surface area (Å²) in [6.07, 6.45) is 7.59. The number of aromatic amines is 1. The van der Waals surface area contributed by atoms with Gasteiger partial charge in [0.25, 0.3) is 0 Å². The first-order valence-electron chi connectivity index (χ1n) is 12.3. The summed E-state index contributed by atoms with van der Waals surface area (Å²) < 4.78 is 0. The molecule has 7 heteroatoms. The maximum Gasteiger partial charge on any atom is 0.103 e. The van der Waals surface area contributed by atoms with Gasteiger partial charge in [0.2, 0.25) is 0 Å². The van der Waals surface area contributed by atoms with Crippen LogP contribution in [0.2, 0.25) is 0 Å². The minimum absolute atomic E-state index is 0.505. The van der Waals surface area contributed by atoms with Crippen LogP contribution in [0.15, 0.2) is 48.8 Å². The van der Waals surface area contributed by atoms with Gasteiger partial charge < -0.3 is 15.2 Å². The van der Waals surface area contributed by atoms with Crippen LogP contribution in [0, 0.1) is 25.2 Å². The fraction of sp³-hybridized carbons (Fsp3) is 0.276. The van der Waals surface area contributed by atoms with Crippen molar-refractivity contribution in [3.8, 4) is 6.07 Å². The molecule has 3 aromatic heterocycles. The lowest BCUT2D eigenvalue weighted by Gasteiger charge is -2.32. The second-order valence-corrected chi connectivity index (χ2v) is 9.43. The third-order valence-electron chi connectivity index (χ3n) is 6.93. The van der Waals surface area contributed by atoms with Crippen molar-refractivity contribution >= 4 is 34.4 Å². The third-order valence-corrected chi connectivity index (χ3v) is 6.93. The minimum atomic E-state index is 0.505. The zero-order valence-corrected chi connectivity index (χ0v) is 21.0. The number of H-pyrrole nitrogens is 1. The van der Waals surface area contributed by atoms with Gasteiger partial charge in [-0.1, -0.05) is 6.07 Å². The van der Waals surface area contributed by atoms with Gasteiger partial charge in [0, 0.05) is 73.0 Å². The normalized spacial score (nSPS) is 14.9. The van der Waals surface area contributed by atoms with E-state index >= 15 is 0 Å². The fourth-order valence-electron chi connectivity index (χ4n) is 4.68. The van der Waals surface area contributed by atoms with Crippen molar-refractivity contribution in [1.82, 2.24) is 24.8 Å². The zero-order chi connectivity index (χ0) is 25.1. The summed E-state index contributed by atoms with van der Waals surface area (Å²) in [6, 6.07) is 14.6. The van der Waals surface area contributed by atoms with E-state index in [1.54, 1.807) is 6.20 Å². The van der Waals surface area contributed by atoms with Gasteiger partial charge in [-0.05, 0) is 68.9 Å². The Bertz CT molecular complexity index is 1450. The van der Waals surface area contributed by atoms with Crippen molar-refractivity contribution in [3.05, 3.63) is 82.6 Å². The Hall–Kier alpha value is -3.99. The van der Waals surface area contributed by atoms with E-state index in [-0.39, 0.29) is 0 Å². The summed E-state index contributed by atoms with van der Waals surface area (Å²) in [5.74, 6) is 0. The molecule has 7 nitrogen and oxygen atoms in total. The maximum atomic E-state index is 9.83. The third kappa shape index (κ3) is 5.01. The number of anilines is 2. The second kappa shape index (κ2) is 10.3. The van der Waals surface area contributed by atoms with Gasteiger partial charge in [0.05, 0.1) is 22.6 Å². The van der Waals surface area contributed by atoms with E-state index in [9.17, 15) is 5.26 Å². The van der Waals surface area contributed by atoms with Crippen molar-refractivity contribution in [1.29, 1.82) is 5.26 Å². The van der Waals surface area contributed by atoms with Crippen LogP contribution in [0.1, 0.15) is 33.8 Å². The van der Waals surface area contributed by atoms with E-state index in [2.05, 4.69) is 69.4 Å². The average Bonchev–Trinajstić information content (AvgIpc) is 3.37. The zero-order valence-electron chi connectivity index (χ0n) is 21.0. The van der Waals surface area contributed by atoms with E-state index < -0.39 is 0 Å². The molecule has 4 heterocycles. The molecule has 0 radical (unpaired) electrons. The number of hydrogen-bond donors (Lipinski definition) is 2. The van der Waals surface area contributed by atoms with Crippen molar-refractivity contribution in [2.24, 2.45) is 0 Å². The number of rotatable bonds is 6. The summed E-state index contributed by atoms with van der Waals surface area (Å²) in [5, 5.41) is 14.5. The summed E-state index contributed by atoms with van der Waals surface area (Å²) in [5.41, 5.74) is 8.13. The van der Waals surface area contributed by atoms with Crippen molar-refractivity contribution in [2.75, 3.05) is 38.5 Å². The number of fused-ring (bicyclic) bond motifs is 1. The molecular formula is C29H31N7. The maximum absolute atomic E-state index is 9.83. The van der Waals surface area contributed by atoms with Gasteiger partial charge in [-0.2, -0.15) is 5.26 Å². The number of nitrogens with zero attached hydrogens (tertiary/aromatic N) is 5. The van der Waals surface area contributed by atoms with Crippen LogP contribution < -0.4 is 5.32 Å². The molecule has 1 aliphatic heterocycles. The first-order valence-corrected chi connectivity index (χ1v) is 12.3. The number of likely N-dealkylation sites (N-methyl/N-ethyl adjacent to an activating group) is 1. The van der Waals surface area contributed by atoms with E-state index in [0.717, 1.165) is 83.2 Å². The van der Waals surface area contributed by atoms with Gasteiger partial charge in [0.15, 0.2) is 0 Å². The summed E-state index contributed by atoms with van der Waals surface area (Å²) in [6.45, 7) is 9.21. The lowest BCUT2D eigenvalue weighted by molar-refractivity contribution is 0.147. The number of hydrogen-bond acceptors (Lipinski definition) is 6. The molecule has 0 unspecified atom stereocenters. The molecule has 0 bridgehead atoms. The van der Waals surface area contributed by atoms with E-state index in [0.29, 0.717) is 5.56 Å². The van der Waals surface area contributed by atoms with Crippen LogP contribution >= 0.6 is 0 Å². The smallest absolute Gasteiger partial charge is 0.103 e. The molecular weight excluding hydrogens is 446 g/mol. The Morgan fingerprint density at radius 2 is 1.92 bits per heavy atom. The Labute approximate surface area is 212 Å². The predicted octanol–water partition coefficient (Wildman–Crippen LogP) is 5.11. The van der Waals surface area contributed by atoms with Gasteiger partial charge in [-0.25, -0.2) is 0 Å². The molecule has 0 saturated carbocycles. The van der Waals surface area contributed by atoms with E-state index in [1.165, 1.54) is 0 Å². The molecule has 2 N–H and O–H groups in total. The largest absolute Gasteiger partial charge is 0.361 e. The van der Waals surface area contributed by atoms with Crippen LogP contribution in [0.3, 0.4) is 0 Å². The Morgan fingerprint density at radius 1 is 1.08 bits per heavy atom. The number of piperazine rings is 1. The molecule has 0 amide bonds. The first kappa shape index (κ1) is 23.7. The lowest BCUT2D eigenvalue weighted by atomic mass is 10.0. The lowest BCUT2D eigenvalue weighted by Crippen LogP contribution is -2.44. The molecule has 1 fully saturated rings. The quantitative estimate of drug-likeness (QED) is 0.402. The van der Waals surface area contributed by atoms with Crippen LogP contribution in [0.4, 0.5) is 11.4 Å². The molecule has 0 atom stereocenters. The Balaban J connectivity index is 1.43. The van der Waals surface area contributed by atoms with Crippen molar-refractivity contribution in [2.45, 2.75) is 20.4 Å². The number of benzene rings is 1. The minimum Gasteiger partial charge on any atom is -0.361 e. The van der Waals surface area contributed by atoms with Crippen LogP contribution in [0.5, 0.6) is 0 Å². The molecule has 1 aromatic carbocycles. The molecule has 182 valence electrons. The molecule has 1 aliphatic rings. The second-order valence-electron chi connectivity index (χ2n) is 9.43. The highest BCUT2D eigenvalue weighted by molar-refractivity contribution is 5.90. The van der Waals surface area contributed by atoms with Gasteiger partial charge >= 0.3 is 0 Å². The molecule has 0 spiro atoms. The summed E-state index contributed by atoms with van der Waals surface area (Å²) >= 11 is 0. The number of nitriles is 1. The van der Waals surface area contributed by atoms with Crippen LogP contribution in [-0.4, -0.2) is 58.0 Å². The number of aromatic nitrogens is 3. The predicted molar refractivity (Wildman–Crippen MR) is 146 cm³/mol. The standard InChI is InChI=1S/C29H31N7/c1-20-25-11-12-31-28(25)10-9-27(20)34-29-22(17-30)18-32-21(2)26(29)8-7-23-5-4-6-24(33-23)19-36-15-13-35(3)14-16-36/h4-12,18,31H,13-16,19H2,1-3H3,(H,32,34). The van der Waals surface area contributed by atoms with Crippen LogP contribution in [0.25, 0.3) is 23.1 Å². The highest BCUT2D eigenvalue weighted by Gasteiger charge is 2.15. The monoisotopic (exact) mass is 477 g/mol. The van der Waals surface area contributed by atoms with E-state index in [1.807, 2.05) is 37.4 Å². The van der Waals surface area contributed by atoms with E-state index in [4.69, 9.17) is 4.98 Å². The highest BCUT2D eigenvalue weighted by Crippen LogP contribution is 2.32. The Morgan fingerprint density at radius 3 is 2.72 bits per heavy atom. The molecule has 36 heavy (non-hydrogen) atoms. The molecule has 4 aromatic rings. The fourth-order valence-corrected chi connectivity index (χ4v) is 4.68. The van der Waals surface area contributed by atoms with Crippen molar-refractivity contribution in [3.63, 3.8) is 0 Å². The SMILES string of the molecule is Cc1ncc(C#N)c(Nc2ccc3[nH]ccc3c2C)c1C=Cc1cccc(CN2CCN(C)CC2)n1. The average molecular weight is 478 g/mol. The Kier molecular flexibility index (Phi) is 6.81. The number of nitrogens with one attached hydrogen (secondary N) is 2. The molecule has 5 rings (SSSR count). The van der Waals surface area contributed by atoms with Gasteiger partial charge in [-0.3, -0.25) is 14.9 Å². The number of aryl methyl sites for hydroxylation is 2. The topological polar surface area (TPSA) is 83.9 Å². The molecule has 1 saturated heterocycles. The summed E-state index contributed by atoms with van der Waals surface area (Å²) in [7, 11) is 2.17. The van der Waals surface area contributed by atoms with Gasteiger partial charge in [-0.15, -0.1) is 0 Å². The van der Waals surface area contributed by atoms with Gasteiger partial charge in [0.1, 0.15) is 6.07 Å². The summed E-state index contributed by atoms with van der Waals surface area (Å²) in [4.78, 5) is 17.4. The number of pyridine rings is 2.